The number of halogens is 1. The zero-order valence-electron chi connectivity index (χ0n) is 24.8. The van der Waals surface area contributed by atoms with Gasteiger partial charge in [-0.1, -0.05) is 56.3 Å². The number of nitrogens with one attached hydrogen (secondary N) is 1. The minimum absolute atomic E-state index is 0.0539. The second-order valence-electron chi connectivity index (χ2n) is 12.2. The van der Waals surface area contributed by atoms with Crippen LogP contribution in [0.2, 0.25) is 5.02 Å². The Labute approximate surface area is 258 Å². The maximum Gasteiger partial charge on any atom is 0.335 e. The van der Waals surface area contributed by atoms with Gasteiger partial charge in [0.15, 0.2) is 0 Å². The number of likely N-dealkylation sites (tertiary alicyclic amines) is 1. The third-order valence-corrected chi connectivity index (χ3v) is 9.68. The number of carboxylic acids is 1. The number of nitrogens with zero attached hydrogens (tertiary/aromatic N) is 2. The summed E-state index contributed by atoms with van der Waals surface area (Å²) in [5, 5.41) is 23.5. The van der Waals surface area contributed by atoms with E-state index < -0.39 is 23.7 Å². The maximum absolute atomic E-state index is 13.8. The third kappa shape index (κ3) is 6.84. The number of piperazine rings is 1. The Bertz CT molecular complexity index is 1300. The van der Waals surface area contributed by atoms with E-state index in [0.717, 1.165) is 50.5 Å². The van der Waals surface area contributed by atoms with Crippen molar-refractivity contribution in [2.45, 2.75) is 88.9 Å². The van der Waals surface area contributed by atoms with Crippen LogP contribution in [0.15, 0.2) is 42.5 Å². The molecule has 3 fully saturated rings. The summed E-state index contributed by atoms with van der Waals surface area (Å²) < 4.78 is 5.86. The molecule has 2 heterocycles. The summed E-state index contributed by atoms with van der Waals surface area (Å²) in [6.07, 6.45) is 7.07. The molecule has 1 unspecified atom stereocenters. The Kier molecular flexibility index (Phi) is 9.94. The fourth-order valence-electron chi connectivity index (χ4n) is 6.80. The van der Waals surface area contributed by atoms with Crippen LogP contribution < -0.4 is 10.1 Å². The topological polar surface area (TPSA) is 119 Å². The number of hydrogen-bond acceptors (Lipinski definition) is 6. The van der Waals surface area contributed by atoms with Crippen LogP contribution in [0.4, 0.5) is 0 Å². The molecule has 3 aliphatic rings. The molecule has 232 valence electrons. The lowest BCUT2D eigenvalue weighted by Gasteiger charge is -2.52. The zero-order chi connectivity index (χ0) is 30.6. The predicted octanol–water partition coefficient (Wildman–Crippen LogP) is 5.23. The van der Waals surface area contributed by atoms with Gasteiger partial charge in [-0.15, -0.1) is 0 Å². The average Bonchev–Trinajstić information content (AvgIpc) is 3.02. The van der Waals surface area contributed by atoms with Gasteiger partial charge in [-0.05, 0) is 73.9 Å². The van der Waals surface area contributed by atoms with Gasteiger partial charge in [0.1, 0.15) is 23.1 Å². The Morgan fingerprint density at radius 1 is 1.09 bits per heavy atom. The average molecular weight is 612 g/mol. The SMILES string of the molecule is CCCCN1C(=O)[C@@H](C(O)C2CCCCC2)NC(=O)C12CCN(Cc1ccc(Oc3ccc(C(=O)O)cc3Cl)cc1)CC2. The maximum atomic E-state index is 13.8. The minimum Gasteiger partial charge on any atom is -0.478 e. The number of aliphatic hydroxyl groups excluding tert-OH is 1. The summed E-state index contributed by atoms with van der Waals surface area (Å²) in [6, 6.07) is 11.1. The van der Waals surface area contributed by atoms with Gasteiger partial charge < -0.3 is 25.2 Å². The minimum atomic E-state index is -1.05. The van der Waals surface area contributed by atoms with Gasteiger partial charge in [-0.25, -0.2) is 4.79 Å². The number of aromatic carboxylic acids is 1. The molecule has 0 aromatic heterocycles. The molecule has 5 rings (SSSR count). The first-order valence-electron chi connectivity index (χ1n) is 15.5. The van der Waals surface area contributed by atoms with Crippen molar-refractivity contribution in [1.82, 2.24) is 15.1 Å². The Morgan fingerprint density at radius 2 is 1.79 bits per heavy atom. The third-order valence-electron chi connectivity index (χ3n) is 9.39. The number of benzene rings is 2. The molecule has 10 heteroatoms. The second kappa shape index (κ2) is 13.7. The van der Waals surface area contributed by atoms with Crippen molar-refractivity contribution in [2.75, 3.05) is 19.6 Å². The molecule has 9 nitrogen and oxygen atoms in total. The predicted molar refractivity (Wildman–Crippen MR) is 163 cm³/mol. The lowest BCUT2D eigenvalue weighted by atomic mass is 9.78. The summed E-state index contributed by atoms with van der Waals surface area (Å²) in [7, 11) is 0. The van der Waals surface area contributed by atoms with Gasteiger partial charge in [0.05, 0.1) is 16.7 Å². The molecule has 2 aromatic rings. The van der Waals surface area contributed by atoms with E-state index in [4.69, 9.17) is 21.4 Å². The van der Waals surface area contributed by atoms with E-state index in [1.54, 1.807) is 0 Å². The number of aliphatic hydroxyl groups is 1. The molecule has 2 saturated heterocycles. The molecule has 1 aliphatic carbocycles. The second-order valence-corrected chi connectivity index (χ2v) is 12.6. The molecule has 43 heavy (non-hydrogen) atoms. The molecule has 1 spiro atoms. The van der Waals surface area contributed by atoms with E-state index in [0.29, 0.717) is 50.5 Å². The first kappa shape index (κ1) is 31.3. The van der Waals surface area contributed by atoms with E-state index in [1.807, 2.05) is 29.2 Å². The van der Waals surface area contributed by atoms with Crippen LogP contribution in [0, 0.1) is 5.92 Å². The van der Waals surface area contributed by atoms with Crippen LogP contribution in [0.25, 0.3) is 0 Å². The largest absolute Gasteiger partial charge is 0.478 e. The smallest absolute Gasteiger partial charge is 0.335 e. The van der Waals surface area contributed by atoms with Gasteiger partial charge in [-0.3, -0.25) is 14.5 Å². The van der Waals surface area contributed by atoms with Crippen molar-refractivity contribution in [1.29, 1.82) is 0 Å². The molecule has 2 amide bonds. The zero-order valence-corrected chi connectivity index (χ0v) is 25.5. The van der Waals surface area contributed by atoms with Gasteiger partial charge in [0.2, 0.25) is 11.8 Å². The van der Waals surface area contributed by atoms with Crippen molar-refractivity contribution in [3.8, 4) is 11.5 Å². The molecule has 3 N–H and O–H groups in total. The quantitative estimate of drug-likeness (QED) is 0.336. The Balaban J connectivity index is 1.21. The van der Waals surface area contributed by atoms with Crippen molar-refractivity contribution in [2.24, 2.45) is 5.92 Å². The monoisotopic (exact) mass is 611 g/mol. The number of unbranched alkanes of at least 4 members (excludes halogenated alkanes) is 1. The van der Waals surface area contributed by atoms with Gasteiger partial charge in [0, 0.05) is 26.2 Å². The first-order valence-corrected chi connectivity index (χ1v) is 15.9. The van der Waals surface area contributed by atoms with Crippen LogP contribution in [-0.4, -0.2) is 75.1 Å². The number of carbonyl (C=O) groups is 3. The number of rotatable bonds is 10. The fourth-order valence-corrected chi connectivity index (χ4v) is 7.02. The van der Waals surface area contributed by atoms with Crippen molar-refractivity contribution in [3.63, 3.8) is 0 Å². The standard InChI is InChI=1S/C33H42ClN3O6/c1-2-3-17-37-30(39)28(29(38)23-7-5-4-6-8-23)35-32(42)33(37)15-18-36(19-16-33)21-22-9-12-25(13-10-22)43-27-14-11-24(31(40)41)20-26(27)34/h9-14,20,23,28-29,38H,2-8,15-19,21H2,1H3,(H,35,42)(H,40,41)/t28-,29?/m1/s1. The molecule has 2 aliphatic heterocycles. The number of carbonyl (C=O) groups excluding carboxylic acids is 2. The molecule has 1 saturated carbocycles. The Morgan fingerprint density at radius 3 is 2.42 bits per heavy atom. The molecule has 0 bridgehead atoms. The molecule has 2 atom stereocenters. The van der Waals surface area contributed by atoms with E-state index in [2.05, 4.69) is 17.1 Å². The lowest BCUT2D eigenvalue weighted by Crippen LogP contribution is -2.75. The number of hydrogen-bond donors (Lipinski definition) is 3. The van der Waals surface area contributed by atoms with Crippen molar-refractivity contribution in [3.05, 3.63) is 58.6 Å². The molecule has 0 radical (unpaired) electrons. The van der Waals surface area contributed by atoms with Crippen molar-refractivity contribution < 1.29 is 29.3 Å². The molecular weight excluding hydrogens is 570 g/mol. The van der Waals surface area contributed by atoms with Crippen LogP contribution in [0.1, 0.15) is 80.6 Å². The van der Waals surface area contributed by atoms with E-state index >= 15 is 0 Å². The summed E-state index contributed by atoms with van der Waals surface area (Å²) in [6.45, 7) is 4.64. The van der Waals surface area contributed by atoms with Crippen LogP contribution in [0.5, 0.6) is 11.5 Å². The summed E-state index contributed by atoms with van der Waals surface area (Å²) in [5.74, 6) is -0.295. The Hall–Kier alpha value is -3.14. The van der Waals surface area contributed by atoms with Crippen molar-refractivity contribution >= 4 is 29.4 Å². The van der Waals surface area contributed by atoms with Gasteiger partial charge in [0.25, 0.3) is 0 Å². The number of amides is 2. The van der Waals surface area contributed by atoms with Crippen LogP contribution in [-0.2, 0) is 16.1 Å². The van der Waals surface area contributed by atoms with Crippen LogP contribution >= 0.6 is 11.6 Å². The summed E-state index contributed by atoms with van der Waals surface area (Å²) in [4.78, 5) is 42.8. The van der Waals surface area contributed by atoms with Crippen LogP contribution in [0.3, 0.4) is 0 Å². The van der Waals surface area contributed by atoms with E-state index in [9.17, 15) is 19.5 Å². The summed E-state index contributed by atoms with van der Waals surface area (Å²) >= 11 is 6.20. The lowest BCUT2D eigenvalue weighted by molar-refractivity contribution is -0.166. The number of ether oxygens (including phenoxy) is 1. The number of piperidine rings is 1. The van der Waals surface area contributed by atoms with Gasteiger partial charge in [-0.2, -0.15) is 0 Å². The fraction of sp³-hybridized carbons (Fsp3) is 0.545. The highest BCUT2D eigenvalue weighted by Gasteiger charge is 2.55. The highest BCUT2D eigenvalue weighted by Crippen LogP contribution is 2.37. The number of carboxylic acid groups (broad SMARTS) is 1. The van der Waals surface area contributed by atoms with E-state index in [-0.39, 0.29) is 28.3 Å². The first-order chi connectivity index (χ1) is 20.7. The highest BCUT2D eigenvalue weighted by atomic mass is 35.5. The van der Waals surface area contributed by atoms with E-state index in [1.165, 1.54) is 18.2 Å². The highest BCUT2D eigenvalue weighted by molar-refractivity contribution is 6.32. The molecule has 2 aromatic carbocycles. The van der Waals surface area contributed by atoms with Gasteiger partial charge >= 0.3 is 5.97 Å². The normalized spacial score (nSPS) is 21.9. The summed E-state index contributed by atoms with van der Waals surface area (Å²) in [5.41, 5.74) is 0.299. The molecular formula is C33H42ClN3O6.